The lowest BCUT2D eigenvalue weighted by Gasteiger charge is -2.14. The number of amides is 1. The lowest BCUT2D eigenvalue weighted by molar-refractivity contribution is -0.161. The van der Waals surface area contributed by atoms with Gasteiger partial charge < -0.3 is 10.1 Å². The van der Waals surface area contributed by atoms with Gasteiger partial charge >= 0.3 is 11.9 Å². The molecule has 5 heteroatoms. The lowest BCUT2D eigenvalue weighted by atomic mass is 10.2. The van der Waals surface area contributed by atoms with E-state index in [1.807, 2.05) is 0 Å². The predicted octanol–water partition coefficient (Wildman–Crippen LogP) is 0.937. The van der Waals surface area contributed by atoms with E-state index >= 15 is 0 Å². The van der Waals surface area contributed by atoms with Crippen molar-refractivity contribution in [1.82, 2.24) is 5.32 Å². The number of ether oxygens (including phenoxy) is 1. The maximum absolute atomic E-state index is 11.4. The van der Waals surface area contributed by atoms with Crippen molar-refractivity contribution in [2.75, 3.05) is 0 Å². The van der Waals surface area contributed by atoms with Gasteiger partial charge in [0.2, 0.25) is 5.91 Å². The molecule has 0 aliphatic heterocycles. The molecule has 0 spiro atoms. The number of esters is 2. The smallest absolute Gasteiger partial charge is 0.336 e. The van der Waals surface area contributed by atoms with Crippen LogP contribution in [0.25, 0.3) is 0 Å². The number of carbonyl (C=O) groups is 3. The van der Waals surface area contributed by atoms with Crippen LogP contribution in [0.4, 0.5) is 0 Å². The number of rotatable bonds is 6. The molecule has 0 bridgehead atoms. The molecule has 1 amide bonds. The molecule has 0 aliphatic rings. The van der Waals surface area contributed by atoms with E-state index in [-0.39, 0.29) is 25.2 Å². The highest BCUT2D eigenvalue weighted by Crippen LogP contribution is 1.99. The Morgan fingerprint density at radius 2 is 1.94 bits per heavy atom. The van der Waals surface area contributed by atoms with Gasteiger partial charge in [0.1, 0.15) is 6.04 Å². The Hall–Kier alpha value is -1.65. The fraction of sp³-hybridized carbons (Fsp3) is 0.545. The fourth-order valence-corrected chi connectivity index (χ4v) is 0.933. The van der Waals surface area contributed by atoms with Crippen LogP contribution in [0.2, 0.25) is 0 Å². The molecule has 0 heterocycles. The summed E-state index contributed by atoms with van der Waals surface area (Å²) in [6.07, 6.45) is 2.11. The van der Waals surface area contributed by atoms with Gasteiger partial charge in [-0.1, -0.05) is 19.9 Å². The van der Waals surface area contributed by atoms with Crippen molar-refractivity contribution in [3.8, 4) is 0 Å². The first kappa shape index (κ1) is 14.3. The average Bonchev–Trinajstić information content (AvgIpc) is 2.27. The Morgan fingerprint density at radius 1 is 1.31 bits per heavy atom. The molecule has 0 saturated heterocycles. The van der Waals surface area contributed by atoms with E-state index in [9.17, 15) is 14.4 Å². The zero-order valence-electron chi connectivity index (χ0n) is 9.62. The van der Waals surface area contributed by atoms with Crippen LogP contribution in [0.1, 0.15) is 33.1 Å². The molecule has 0 aliphatic carbocycles. The van der Waals surface area contributed by atoms with Crippen molar-refractivity contribution < 1.29 is 19.1 Å². The van der Waals surface area contributed by atoms with Gasteiger partial charge in [0.05, 0.1) is 0 Å². The van der Waals surface area contributed by atoms with Gasteiger partial charge in [-0.05, 0) is 6.42 Å². The van der Waals surface area contributed by atoms with Gasteiger partial charge in [-0.3, -0.25) is 9.59 Å². The highest BCUT2D eigenvalue weighted by molar-refractivity contribution is 5.91. The summed E-state index contributed by atoms with van der Waals surface area (Å²) in [6, 6.07) is -0.833. The van der Waals surface area contributed by atoms with E-state index in [4.69, 9.17) is 0 Å². The highest BCUT2D eigenvalue weighted by Gasteiger charge is 2.22. The van der Waals surface area contributed by atoms with Gasteiger partial charge in [0.15, 0.2) is 0 Å². The summed E-state index contributed by atoms with van der Waals surface area (Å²) < 4.78 is 4.52. The second-order valence-corrected chi connectivity index (χ2v) is 3.14. The molecule has 16 heavy (non-hydrogen) atoms. The third-order valence-electron chi connectivity index (χ3n) is 1.85. The normalized spacial score (nSPS) is 11.4. The van der Waals surface area contributed by atoms with E-state index in [1.165, 1.54) is 6.08 Å². The van der Waals surface area contributed by atoms with E-state index in [2.05, 4.69) is 16.6 Å². The largest absolute Gasteiger partial charge is 0.392 e. The summed E-state index contributed by atoms with van der Waals surface area (Å²) in [4.78, 5) is 33.5. The summed E-state index contributed by atoms with van der Waals surface area (Å²) in [5.41, 5.74) is 0. The average molecular weight is 227 g/mol. The Morgan fingerprint density at radius 3 is 2.38 bits per heavy atom. The van der Waals surface area contributed by atoms with Gasteiger partial charge in [0, 0.05) is 12.8 Å². The molecule has 0 aromatic carbocycles. The van der Waals surface area contributed by atoms with Crippen LogP contribution in [0.3, 0.4) is 0 Å². The number of hydrogen-bond acceptors (Lipinski definition) is 4. The van der Waals surface area contributed by atoms with E-state index in [0.717, 1.165) is 0 Å². The second-order valence-electron chi connectivity index (χ2n) is 3.14. The van der Waals surface area contributed by atoms with Crippen LogP contribution >= 0.6 is 0 Å². The molecular weight excluding hydrogens is 210 g/mol. The molecule has 1 unspecified atom stereocenters. The third-order valence-corrected chi connectivity index (χ3v) is 1.85. The van der Waals surface area contributed by atoms with Gasteiger partial charge in [0.25, 0.3) is 0 Å². The topological polar surface area (TPSA) is 72.5 Å². The van der Waals surface area contributed by atoms with E-state index in [1.54, 1.807) is 13.8 Å². The quantitative estimate of drug-likeness (QED) is 0.416. The minimum absolute atomic E-state index is 0.119. The van der Waals surface area contributed by atoms with Crippen molar-refractivity contribution in [1.29, 1.82) is 0 Å². The van der Waals surface area contributed by atoms with Crippen LogP contribution in [0.5, 0.6) is 0 Å². The molecule has 0 rings (SSSR count). The summed E-state index contributed by atoms with van der Waals surface area (Å²) in [7, 11) is 0. The molecule has 5 nitrogen and oxygen atoms in total. The molecule has 0 saturated carbocycles. The first-order valence-electron chi connectivity index (χ1n) is 5.19. The summed E-state index contributed by atoms with van der Waals surface area (Å²) in [6.45, 7) is 6.73. The third kappa shape index (κ3) is 5.29. The van der Waals surface area contributed by atoms with Crippen molar-refractivity contribution in [2.24, 2.45) is 0 Å². The summed E-state index contributed by atoms with van der Waals surface area (Å²) in [5.74, 6) is -1.62. The second kappa shape index (κ2) is 7.62. The Bertz CT molecular complexity index is 286. The Labute approximate surface area is 94.8 Å². The highest BCUT2D eigenvalue weighted by atomic mass is 16.6. The van der Waals surface area contributed by atoms with Gasteiger partial charge in [-0.25, -0.2) is 4.79 Å². The molecule has 0 radical (unpaired) electrons. The van der Waals surface area contributed by atoms with Gasteiger partial charge in [-0.2, -0.15) is 0 Å². The van der Waals surface area contributed by atoms with Crippen LogP contribution in [0, 0.1) is 0 Å². The summed E-state index contributed by atoms with van der Waals surface area (Å²) >= 11 is 0. The summed E-state index contributed by atoms with van der Waals surface area (Å²) in [5, 5.41) is 2.46. The lowest BCUT2D eigenvalue weighted by Crippen LogP contribution is -2.41. The molecule has 1 atom stereocenters. The predicted molar refractivity (Wildman–Crippen MR) is 58.4 cm³/mol. The minimum Gasteiger partial charge on any atom is -0.392 e. The minimum atomic E-state index is -0.833. The van der Waals surface area contributed by atoms with Gasteiger partial charge in [-0.15, -0.1) is 6.58 Å². The maximum atomic E-state index is 11.4. The molecule has 0 aromatic heterocycles. The number of nitrogens with one attached hydrogen (secondary N) is 1. The first-order chi connectivity index (χ1) is 7.54. The van der Waals surface area contributed by atoms with Crippen LogP contribution in [-0.2, 0) is 19.1 Å². The number of hydrogen-bond donors (Lipinski definition) is 1. The zero-order valence-corrected chi connectivity index (χ0v) is 9.62. The van der Waals surface area contributed by atoms with Crippen molar-refractivity contribution in [3.05, 3.63) is 12.7 Å². The molecule has 0 aromatic rings. The van der Waals surface area contributed by atoms with E-state index in [0.29, 0.717) is 0 Å². The SMILES string of the molecule is C=CCC(NC(=O)CC)C(=O)OC(=O)CC. The Kier molecular flexibility index (Phi) is 6.83. The zero-order chi connectivity index (χ0) is 12.6. The maximum Gasteiger partial charge on any atom is 0.336 e. The van der Waals surface area contributed by atoms with Crippen LogP contribution in [-0.4, -0.2) is 23.9 Å². The molecule has 1 N–H and O–H groups in total. The van der Waals surface area contributed by atoms with Crippen molar-refractivity contribution >= 4 is 17.8 Å². The standard InChI is InChI=1S/C11H17NO4/c1-4-7-8(12-9(13)5-2)11(15)16-10(14)6-3/h4,8H,1,5-7H2,2-3H3,(H,12,13). The molecular formula is C11H17NO4. The van der Waals surface area contributed by atoms with Crippen LogP contribution < -0.4 is 5.32 Å². The fourth-order valence-electron chi connectivity index (χ4n) is 0.933. The van der Waals surface area contributed by atoms with E-state index < -0.39 is 18.0 Å². The van der Waals surface area contributed by atoms with Crippen molar-refractivity contribution in [2.45, 2.75) is 39.2 Å². The number of carbonyl (C=O) groups excluding carboxylic acids is 3. The van der Waals surface area contributed by atoms with Crippen LogP contribution in [0.15, 0.2) is 12.7 Å². The monoisotopic (exact) mass is 227 g/mol. The Balaban J connectivity index is 4.39. The molecule has 90 valence electrons. The van der Waals surface area contributed by atoms with Crippen molar-refractivity contribution in [3.63, 3.8) is 0 Å². The first-order valence-corrected chi connectivity index (χ1v) is 5.19. The molecule has 0 fully saturated rings.